The van der Waals surface area contributed by atoms with Gasteiger partial charge in [-0.3, -0.25) is 9.69 Å². The number of hydrogen-bond acceptors (Lipinski definition) is 2. The number of halogens is 1. The average Bonchev–Trinajstić information content (AvgIpc) is 2.59. The number of hydrogen-bond donors (Lipinski definition) is 1. The summed E-state index contributed by atoms with van der Waals surface area (Å²) < 4.78 is 13.7. The van der Waals surface area contributed by atoms with Crippen LogP contribution in [0.1, 0.15) is 24.0 Å². The lowest BCUT2D eigenvalue weighted by Gasteiger charge is -2.31. The molecule has 0 atom stereocenters. The van der Waals surface area contributed by atoms with E-state index in [1.165, 1.54) is 6.07 Å². The Bertz CT molecular complexity index is 708. The molecule has 1 fully saturated rings. The largest absolute Gasteiger partial charge is 0.326 e. The summed E-state index contributed by atoms with van der Waals surface area (Å²) in [5, 5.41) is 3.04. The number of benzene rings is 2. The third-order valence-electron chi connectivity index (χ3n) is 4.71. The Morgan fingerprint density at radius 1 is 1.12 bits per heavy atom. The van der Waals surface area contributed by atoms with Crippen LogP contribution in [-0.4, -0.2) is 23.9 Å². The Labute approximate surface area is 142 Å². The van der Waals surface area contributed by atoms with Crippen LogP contribution in [0.15, 0.2) is 48.5 Å². The highest BCUT2D eigenvalue weighted by molar-refractivity contribution is 5.93. The maximum Gasteiger partial charge on any atom is 0.227 e. The summed E-state index contributed by atoms with van der Waals surface area (Å²) in [5.41, 5.74) is 2.68. The lowest BCUT2D eigenvalue weighted by molar-refractivity contribution is -0.121. The summed E-state index contributed by atoms with van der Waals surface area (Å²) in [6, 6.07) is 14.7. The van der Waals surface area contributed by atoms with E-state index in [1.54, 1.807) is 6.07 Å². The van der Waals surface area contributed by atoms with Gasteiger partial charge in [-0.25, -0.2) is 4.39 Å². The molecule has 0 saturated carbocycles. The summed E-state index contributed by atoms with van der Waals surface area (Å²) in [4.78, 5) is 14.7. The summed E-state index contributed by atoms with van der Waals surface area (Å²) in [5.74, 6) is -0.0340. The summed E-state index contributed by atoms with van der Waals surface area (Å²) in [6.07, 6.45) is 1.62. The van der Waals surface area contributed by atoms with Crippen molar-refractivity contribution < 1.29 is 9.18 Å². The number of amides is 1. The Morgan fingerprint density at radius 2 is 1.79 bits per heavy atom. The molecule has 0 spiro atoms. The van der Waals surface area contributed by atoms with E-state index in [9.17, 15) is 9.18 Å². The number of nitrogens with zero attached hydrogens (tertiary/aromatic N) is 1. The van der Waals surface area contributed by atoms with E-state index >= 15 is 0 Å². The molecule has 1 heterocycles. The second-order valence-corrected chi connectivity index (χ2v) is 6.45. The number of aryl methyl sites for hydroxylation is 1. The number of piperidine rings is 1. The molecule has 24 heavy (non-hydrogen) atoms. The van der Waals surface area contributed by atoms with E-state index in [0.717, 1.165) is 42.7 Å². The molecule has 1 aliphatic heterocycles. The molecular formula is C20H23FN2O. The van der Waals surface area contributed by atoms with Crippen LogP contribution >= 0.6 is 0 Å². The van der Waals surface area contributed by atoms with E-state index in [4.69, 9.17) is 0 Å². The monoisotopic (exact) mass is 326 g/mol. The molecule has 1 aliphatic rings. The van der Waals surface area contributed by atoms with E-state index in [2.05, 4.69) is 10.2 Å². The Morgan fingerprint density at radius 3 is 2.50 bits per heavy atom. The minimum absolute atomic E-state index is 0.0291. The van der Waals surface area contributed by atoms with Gasteiger partial charge in [-0.1, -0.05) is 36.4 Å². The molecule has 0 unspecified atom stereocenters. The molecule has 3 nitrogen and oxygen atoms in total. The lowest BCUT2D eigenvalue weighted by Crippen LogP contribution is -2.38. The van der Waals surface area contributed by atoms with Gasteiger partial charge in [0, 0.05) is 23.7 Å². The van der Waals surface area contributed by atoms with Gasteiger partial charge in [-0.2, -0.15) is 0 Å². The molecule has 1 N–H and O–H groups in total. The Kier molecular flexibility index (Phi) is 5.26. The van der Waals surface area contributed by atoms with Gasteiger partial charge in [0.15, 0.2) is 0 Å². The lowest BCUT2D eigenvalue weighted by atomic mass is 9.95. The first-order chi connectivity index (χ1) is 11.6. The zero-order chi connectivity index (χ0) is 16.9. The standard InChI is InChI=1S/C20H23FN2O/c1-15-6-2-5-9-19(15)22-20(24)16-10-12-23(13-11-16)14-17-7-3-4-8-18(17)21/h2-9,16H,10-14H2,1H3,(H,22,24). The van der Waals surface area contributed by atoms with Crippen LogP contribution < -0.4 is 5.32 Å². The SMILES string of the molecule is Cc1ccccc1NC(=O)C1CCN(Cc2ccccc2F)CC1. The molecule has 0 bridgehead atoms. The minimum Gasteiger partial charge on any atom is -0.326 e. The molecule has 1 saturated heterocycles. The first-order valence-corrected chi connectivity index (χ1v) is 8.46. The maximum atomic E-state index is 13.7. The van der Waals surface area contributed by atoms with E-state index in [-0.39, 0.29) is 17.6 Å². The van der Waals surface area contributed by atoms with Gasteiger partial charge in [-0.15, -0.1) is 0 Å². The van der Waals surface area contributed by atoms with Gasteiger partial charge in [0.1, 0.15) is 5.82 Å². The van der Waals surface area contributed by atoms with Crippen molar-refractivity contribution in [3.63, 3.8) is 0 Å². The van der Waals surface area contributed by atoms with Gasteiger partial charge in [0.05, 0.1) is 0 Å². The van der Waals surface area contributed by atoms with E-state index < -0.39 is 0 Å². The topological polar surface area (TPSA) is 32.3 Å². The number of carbonyl (C=O) groups is 1. The predicted octanol–water partition coefficient (Wildman–Crippen LogP) is 3.98. The van der Waals surface area contributed by atoms with Crippen molar-refractivity contribution in [2.24, 2.45) is 5.92 Å². The fourth-order valence-electron chi connectivity index (χ4n) is 3.17. The second kappa shape index (κ2) is 7.58. The highest BCUT2D eigenvalue weighted by Gasteiger charge is 2.25. The van der Waals surface area contributed by atoms with Gasteiger partial charge in [-0.05, 0) is 50.6 Å². The summed E-state index contributed by atoms with van der Waals surface area (Å²) in [7, 11) is 0. The molecule has 3 rings (SSSR count). The third-order valence-corrected chi connectivity index (χ3v) is 4.71. The molecular weight excluding hydrogens is 303 g/mol. The Balaban J connectivity index is 1.52. The third kappa shape index (κ3) is 4.01. The zero-order valence-corrected chi connectivity index (χ0v) is 14.0. The minimum atomic E-state index is -0.156. The molecule has 2 aromatic carbocycles. The molecule has 0 aliphatic carbocycles. The van der Waals surface area contributed by atoms with Crippen LogP contribution in [0, 0.1) is 18.7 Å². The number of likely N-dealkylation sites (tertiary alicyclic amines) is 1. The van der Waals surface area contributed by atoms with Crippen molar-refractivity contribution in [1.82, 2.24) is 4.90 Å². The average molecular weight is 326 g/mol. The van der Waals surface area contributed by atoms with Crippen molar-refractivity contribution in [3.8, 4) is 0 Å². The number of anilines is 1. The van der Waals surface area contributed by atoms with Crippen molar-refractivity contribution in [3.05, 3.63) is 65.5 Å². The van der Waals surface area contributed by atoms with Crippen molar-refractivity contribution in [2.45, 2.75) is 26.3 Å². The zero-order valence-electron chi connectivity index (χ0n) is 14.0. The van der Waals surface area contributed by atoms with Gasteiger partial charge in [0.2, 0.25) is 5.91 Å². The Hall–Kier alpha value is -2.20. The predicted molar refractivity (Wildman–Crippen MR) is 94.2 cm³/mol. The normalized spacial score (nSPS) is 16.1. The van der Waals surface area contributed by atoms with Crippen LogP contribution in [0.2, 0.25) is 0 Å². The summed E-state index contributed by atoms with van der Waals surface area (Å²) >= 11 is 0. The first-order valence-electron chi connectivity index (χ1n) is 8.46. The number of carbonyl (C=O) groups excluding carboxylic acids is 1. The van der Waals surface area contributed by atoms with Crippen LogP contribution in [0.25, 0.3) is 0 Å². The van der Waals surface area contributed by atoms with Crippen molar-refractivity contribution in [1.29, 1.82) is 0 Å². The second-order valence-electron chi connectivity index (χ2n) is 6.45. The maximum absolute atomic E-state index is 13.7. The molecule has 0 radical (unpaired) electrons. The molecule has 126 valence electrons. The summed E-state index contributed by atoms with van der Waals surface area (Å²) in [6.45, 7) is 4.24. The molecule has 1 amide bonds. The van der Waals surface area contributed by atoms with E-state index in [0.29, 0.717) is 6.54 Å². The number of rotatable bonds is 4. The van der Waals surface area contributed by atoms with Gasteiger partial charge < -0.3 is 5.32 Å². The van der Waals surface area contributed by atoms with Crippen LogP contribution in [0.5, 0.6) is 0 Å². The van der Waals surface area contributed by atoms with Crippen molar-refractivity contribution >= 4 is 11.6 Å². The first kappa shape index (κ1) is 16.7. The highest BCUT2D eigenvalue weighted by Crippen LogP contribution is 2.22. The molecule has 2 aromatic rings. The number of para-hydroxylation sites is 1. The van der Waals surface area contributed by atoms with Crippen LogP contribution in [0.3, 0.4) is 0 Å². The van der Waals surface area contributed by atoms with Crippen molar-refractivity contribution in [2.75, 3.05) is 18.4 Å². The van der Waals surface area contributed by atoms with Gasteiger partial charge >= 0.3 is 0 Å². The smallest absolute Gasteiger partial charge is 0.227 e. The fraction of sp³-hybridized carbons (Fsp3) is 0.350. The quantitative estimate of drug-likeness (QED) is 0.921. The molecule has 0 aromatic heterocycles. The van der Waals surface area contributed by atoms with Crippen LogP contribution in [0.4, 0.5) is 10.1 Å². The molecule has 4 heteroatoms. The highest BCUT2D eigenvalue weighted by atomic mass is 19.1. The van der Waals surface area contributed by atoms with Crippen LogP contribution in [-0.2, 0) is 11.3 Å². The van der Waals surface area contributed by atoms with E-state index in [1.807, 2.05) is 43.3 Å². The number of nitrogens with one attached hydrogen (secondary N) is 1. The fourth-order valence-corrected chi connectivity index (χ4v) is 3.17. The van der Waals surface area contributed by atoms with Gasteiger partial charge in [0.25, 0.3) is 0 Å².